The van der Waals surface area contributed by atoms with Gasteiger partial charge in [-0.2, -0.15) is 0 Å². The van der Waals surface area contributed by atoms with Gasteiger partial charge in [-0.05, 0) is 30.2 Å². The Morgan fingerprint density at radius 1 is 1.26 bits per heavy atom. The fraction of sp³-hybridized carbons (Fsp3) is 0.333. The molecule has 122 valence electrons. The minimum atomic E-state index is -0.0276. The Bertz CT molecular complexity index is 619. The average molecular weight is 330 g/mol. The van der Waals surface area contributed by atoms with Gasteiger partial charge < -0.3 is 10.1 Å². The molecule has 1 aromatic carbocycles. The van der Waals surface area contributed by atoms with Crippen molar-refractivity contribution in [3.05, 3.63) is 59.9 Å². The van der Waals surface area contributed by atoms with Gasteiger partial charge >= 0.3 is 0 Å². The molecule has 0 spiro atoms. The molecule has 0 bridgehead atoms. The summed E-state index contributed by atoms with van der Waals surface area (Å²) >= 11 is 1.60. The second-order valence-electron chi connectivity index (χ2n) is 5.12. The van der Waals surface area contributed by atoms with Gasteiger partial charge in [-0.3, -0.25) is 9.78 Å². The predicted molar refractivity (Wildman–Crippen MR) is 94.6 cm³/mol. The third-order valence-electron chi connectivity index (χ3n) is 3.51. The highest BCUT2D eigenvalue weighted by molar-refractivity contribution is 7.99. The Hall–Kier alpha value is -2.01. The largest absolute Gasteiger partial charge is 0.496 e. The Morgan fingerprint density at radius 2 is 2.00 bits per heavy atom. The van der Waals surface area contributed by atoms with Crippen LogP contribution in [0, 0.1) is 0 Å². The van der Waals surface area contributed by atoms with Crippen LogP contribution in [0.1, 0.15) is 30.5 Å². The van der Waals surface area contributed by atoms with Crippen LogP contribution < -0.4 is 10.1 Å². The van der Waals surface area contributed by atoms with E-state index >= 15 is 0 Å². The van der Waals surface area contributed by atoms with Crippen LogP contribution in [0.5, 0.6) is 5.75 Å². The van der Waals surface area contributed by atoms with Gasteiger partial charge in [-0.1, -0.05) is 25.1 Å². The molecular weight excluding hydrogens is 308 g/mol. The number of carbonyl (C=O) groups excluding carboxylic acids is 1. The maximum Gasteiger partial charge on any atom is 0.230 e. The summed E-state index contributed by atoms with van der Waals surface area (Å²) in [5.41, 5.74) is 2.19. The summed E-state index contributed by atoms with van der Waals surface area (Å²) in [6.07, 6.45) is 4.36. The molecule has 0 aliphatic carbocycles. The number of ether oxygens (including phenoxy) is 1. The molecule has 2 rings (SSSR count). The van der Waals surface area contributed by atoms with Crippen LogP contribution in [0.4, 0.5) is 0 Å². The number of rotatable bonds is 8. The highest BCUT2D eigenvalue weighted by Gasteiger charge is 2.16. The predicted octanol–water partition coefficient (Wildman–Crippen LogP) is 3.59. The third-order valence-corrected chi connectivity index (χ3v) is 4.51. The quantitative estimate of drug-likeness (QED) is 0.803. The van der Waals surface area contributed by atoms with Crippen LogP contribution in [0.25, 0.3) is 0 Å². The van der Waals surface area contributed by atoms with E-state index in [4.69, 9.17) is 4.74 Å². The molecule has 0 aliphatic heterocycles. The highest BCUT2D eigenvalue weighted by atomic mass is 32.2. The van der Waals surface area contributed by atoms with Gasteiger partial charge in [0.05, 0.1) is 18.9 Å². The first-order valence-corrected chi connectivity index (χ1v) is 8.79. The van der Waals surface area contributed by atoms with Crippen molar-refractivity contribution in [1.82, 2.24) is 10.3 Å². The van der Waals surface area contributed by atoms with Gasteiger partial charge in [0.25, 0.3) is 0 Å². The summed E-state index contributed by atoms with van der Waals surface area (Å²) in [7, 11) is 1.65. The minimum Gasteiger partial charge on any atom is -0.496 e. The summed E-state index contributed by atoms with van der Waals surface area (Å²) in [4.78, 5) is 16.2. The van der Waals surface area contributed by atoms with Crippen molar-refractivity contribution in [2.45, 2.75) is 25.1 Å². The van der Waals surface area contributed by atoms with E-state index < -0.39 is 0 Å². The molecule has 0 saturated heterocycles. The summed E-state index contributed by atoms with van der Waals surface area (Å²) in [5.74, 6) is 2.10. The fourth-order valence-corrected chi connectivity index (χ4v) is 3.13. The van der Waals surface area contributed by atoms with E-state index in [0.29, 0.717) is 5.75 Å². The second-order valence-corrected chi connectivity index (χ2v) is 6.10. The number of hydrogen-bond acceptors (Lipinski definition) is 4. The van der Waals surface area contributed by atoms with E-state index in [-0.39, 0.29) is 11.9 Å². The molecule has 4 nitrogen and oxygen atoms in total. The standard InChI is InChI=1S/C18H22N2O2S/c1-3-16(15-6-4-5-7-17(15)22-2)20-18(21)13-23-12-14-8-10-19-11-9-14/h4-11,16H,3,12-13H2,1-2H3,(H,20,21)/t16-/m0/s1. The minimum absolute atomic E-state index is 0.0276. The smallest absolute Gasteiger partial charge is 0.230 e. The molecule has 1 aromatic heterocycles. The average Bonchev–Trinajstić information content (AvgIpc) is 2.60. The first kappa shape index (κ1) is 17.3. The first-order valence-electron chi connectivity index (χ1n) is 7.63. The number of amides is 1. The van der Waals surface area contributed by atoms with E-state index in [1.165, 1.54) is 5.56 Å². The summed E-state index contributed by atoms with van der Waals surface area (Å²) in [5, 5.41) is 3.09. The molecule has 1 amide bonds. The molecule has 1 atom stereocenters. The zero-order valence-corrected chi connectivity index (χ0v) is 14.3. The lowest BCUT2D eigenvalue weighted by atomic mass is 10.0. The maximum atomic E-state index is 12.2. The molecule has 0 saturated carbocycles. The molecule has 23 heavy (non-hydrogen) atoms. The van der Waals surface area contributed by atoms with Crippen LogP contribution in [-0.4, -0.2) is 23.8 Å². The summed E-state index contributed by atoms with van der Waals surface area (Å²) < 4.78 is 5.39. The van der Waals surface area contributed by atoms with Gasteiger partial charge in [0.2, 0.25) is 5.91 Å². The maximum absolute atomic E-state index is 12.2. The topological polar surface area (TPSA) is 51.2 Å². The van der Waals surface area contributed by atoms with E-state index in [1.807, 2.05) is 36.4 Å². The molecule has 0 fully saturated rings. The Balaban J connectivity index is 1.87. The van der Waals surface area contributed by atoms with E-state index in [2.05, 4.69) is 17.2 Å². The number of para-hydroxylation sites is 1. The monoisotopic (exact) mass is 330 g/mol. The molecule has 0 aliphatic rings. The highest BCUT2D eigenvalue weighted by Crippen LogP contribution is 2.26. The Morgan fingerprint density at radius 3 is 2.70 bits per heavy atom. The number of carbonyl (C=O) groups is 1. The van der Waals surface area contributed by atoms with Crippen LogP contribution in [0.3, 0.4) is 0 Å². The Kier molecular flexibility index (Phi) is 6.94. The van der Waals surface area contributed by atoms with E-state index in [9.17, 15) is 4.79 Å². The van der Waals surface area contributed by atoms with Crippen molar-refractivity contribution in [3.63, 3.8) is 0 Å². The van der Waals surface area contributed by atoms with Crippen molar-refractivity contribution >= 4 is 17.7 Å². The molecule has 1 N–H and O–H groups in total. The van der Waals surface area contributed by atoms with Gasteiger partial charge in [-0.15, -0.1) is 11.8 Å². The third kappa shape index (κ3) is 5.28. The van der Waals surface area contributed by atoms with Gasteiger partial charge in [0.1, 0.15) is 5.75 Å². The van der Waals surface area contributed by atoms with Crippen molar-refractivity contribution in [1.29, 1.82) is 0 Å². The summed E-state index contributed by atoms with van der Waals surface area (Å²) in [6.45, 7) is 2.06. The second kappa shape index (κ2) is 9.20. The van der Waals surface area contributed by atoms with Crippen LogP contribution >= 0.6 is 11.8 Å². The Labute approximate surface area is 141 Å². The lowest BCUT2D eigenvalue weighted by molar-refractivity contribution is -0.119. The molecule has 0 radical (unpaired) electrons. The zero-order chi connectivity index (χ0) is 16.5. The lowest BCUT2D eigenvalue weighted by Crippen LogP contribution is -2.29. The zero-order valence-electron chi connectivity index (χ0n) is 13.5. The normalized spacial score (nSPS) is 11.7. The van der Waals surface area contributed by atoms with Crippen molar-refractivity contribution in [2.24, 2.45) is 0 Å². The molecule has 5 heteroatoms. The van der Waals surface area contributed by atoms with Gasteiger partial charge in [-0.25, -0.2) is 0 Å². The van der Waals surface area contributed by atoms with Crippen LogP contribution in [0.15, 0.2) is 48.8 Å². The molecule has 0 unspecified atom stereocenters. The SMILES string of the molecule is CC[C@H](NC(=O)CSCc1ccncc1)c1ccccc1OC. The van der Waals surface area contributed by atoms with E-state index in [1.54, 1.807) is 31.3 Å². The van der Waals surface area contributed by atoms with E-state index in [0.717, 1.165) is 23.5 Å². The first-order chi connectivity index (χ1) is 11.2. The van der Waals surface area contributed by atoms with Crippen LogP contribution in [0.2, 0.25) is 0 Å². The number of nitrogens with zero attached hydrogens (tertiary/aromatic N) is 1. The number of thioether (sulfide) groups is 1. The number of nitrogens with one attached hydrogen (secondary N) is 1. The molecule has 2 aromatic rings. The lowest BCUT2D eigenvalue weighted by Gasteiger charge is -2.19. The number of methoxy groups -OCH3 is 1. The number of aromatic nitrogens is 1. The van der Waals surface area contributed by atoms with Crippen molar-refractivity contribution in [2.75, 3.05) is 12.9 Å². The molecule has 1 heterocycles. The number of pyridine rings is 1. The van der Waals surface area contributed by atoms with Crippen molar-refractivity contribution in [3.8, 4) is 5.75 Å². The van der Waals surface area contributed by atoms with Crippen molar-refractivity contribution < 1.29 is 9.53 Å². The summed E-state index contributed by atoms with van der Waals surface area (Å²) in [6, 6.07) is 11.7. The fourth-order valence-electron chi connectivity index (χ4n) is 2.33. The van der Waals surface area contributed by atoms with Gasteiger partial charge in [0.15, 0.2) is 0 Å². The van der Waals surface area contributed by atoms with Gasteiger partial charge in [0, 0.05) is 23.7 Å². The molecular formula is C18H22N2O2S. The number of benzene rings is 1. The van der Waals surface area contributed by atoms with Crippen LogP contribution in [-0.2, 0) is 10.5 Å². The number of hydrogen-bond donors (Lipinski definition) is 1.